The fraction of sp³-hybridized carbons (Fsp3) is 0.857. The molecule has 1 aliphatic rings. The predicted molar refractivity (Wildman–Crippen MR) is 108 cm³/mol. The molecule has 0 saturated carbocycles. The molecule has 28 heavy (non-hydrogen) atoms. The lowest BCUT2D eigenvalue weighted by atomic mass is 10.0. The van der Waals surface area contributed by atoms with Crippen LogP contribution in [0.3, 0.4) is 0 Å². The molecule has 0 radical (unpaired) electrons. The lowest BCUT2D eigenvalue weighted by Gasteiger charge is -2.24. The molecule has 1 heterocycles. The monoisotopic (exact) mass is 398 g/mol. The average molecular weight is 399 g/mol. The second-order valence-corrected chi connectivity index (χ2v) is 9.63. The molecule has 0 aliphatic carbocycles. The minimum absolute atomic E-state index is 0.0694. The first kappa shape index (κ1) is 24.2. The number of esters is 1. The van der Waals surface area contributed by atoms with Crippen LogP contribution in [0.4, 0.5) is 4.79 Å². The van der Waals surface area contributed by atoms with E-state index in [2.05, 4.69) is 0 Å². The van der Waals surface area contributed by atoms with E-state index in [9.17, 15) is 14.4 Å². The van der Waals surface area contributed by atoms with Crippen LogP contribution in [0.15, 0.2) is 0 Å². The van der Waals surface area contributed by atoms with Crippen molar-refractivity contribution in [2.45, 2.75) is 84.8 Å². The Kier molecular flexibility index (Phi) is 8.76. The van der Waals surface area contributed by atoms with E-state index in [0.717, 1.165) is 12.8 Å². The number of carbonyl (C=O) groups excluding carboxylic acids is 3. The maximum absolute atomic E-state index is 12.3. The van der Waals surface area contributed by atoms with Crippen LogP contribution in [0.1, 0.15) is 73.6 Å². The highest BCUT2D eigenvalue weighted by atomic mass is 16.6. The van der Waals surface area contributed by atoms with E-state index in [-0.39, 0.29) is 18.0 Å². The summed E-state index contributed by atoms with van der Waals surface area (Å²) in [6, 6.07) is 0. The first-order chi connectivity index (χ1) is 12.8. The van der Waals surface area contributed by atoms with Crippen LogP contribution >= 0.6 is 0 Å². The van der Waals surface area contributed by atoms with Gasteiger partial charge in [-0.25, -0.2) is 4.79 Å². The third-order valence-corrected chi connectivity index (χ3v) is 4.42. The number of rotatable bonds is 7. The fourth-order valence-electron chi connectivity index (χ4n) is 3.06. The van der Waals surface area contributed by atoms with Crippen molar-refractivity contribution in [1.82, 2.24) is 9.80 Å². The predicted octanol–water partition coefficient (Wildman–Crippen LogP) is 3.60. The Morgan fingerprint density at radius 3 is 2.18 bits per heavy atom. The van der Waals surface area contributed by atoms with Gasteiger partial charge in [0.15, 0.2) is 0 Å². The first-order valence-corrected chi connectivity index (χ1v) is 10.2. The highest BCUT2D eigenvalue weighted by molar-refractivity contribution is 5.76. The maximum atomic E-state index is 12.3. The summed E-state index contributed by atoms with van der Waals surface area (Å²) in [5, 5.41) is 0. The van der Waals surface area contributed by atoms with Gasteiger partial charge in [-0.3, -0.25) is 9.59 Å². The van der Waals surface area contributed by atoms with Crippen molar-refractivity contribution < 1.29 is 23.9 Å². The molecule has 1 unspecified atom stereocenters. The molecule has 0 aromatic heterocycles. The number of nitrogens with zero attached hydrogens (tertiary/aromatic N) is 2. The normalized spacial score (nSPS) is 17.4. The summed E-state index contributed by atoms with van der Waals surface area (Å²) in [6.45, 7) is 13.0. The van der Waals surface area contributed by atoms with E-state index >= 15 is 0 Å². The number of ether oxygens (including phenoxy) is 2. The highest BCUT2D eigenvalue weighted by Crippen LogP contribution is 2.23. The minimum atomic E-state index is -0.493. The van der Waals surface area contributed by atoms with Crippen LogP contribution in [0.25, 0.3) is 0 Å². The maximum Gasteiger partial charge on any atom is 0.410 e. The molecule has 0 N–H and O–H groups in total. The average Bonchev–Trinajstić information content (AvgIpc) is 2.98. The largest absolute Gasteiger partial charge is 0.460 e. The Bertz CT molecular complexity index is 548. The van der Waals surface area contributed by atoms with Gasteiger partial charge in [-0.15, -0.1) is 0 Å². The van der Waals surface area contributed by atoms with Crippen molar-refractivity contribution in [2.24, 2.45) is 5.92 Å². The summed E-state index contributed by atoms with van der Waals surface area (Å²) in [7, 11) is 1.76. The van der Waals surface area contributed by atoms with Gasteiger partial charge in [0, 0.05) is 39.5 Å². The smallest absolute Gasteiger partial charge is 0.410 e. The van der Waals surface area contributed by atoms with Crippen LogP contribution in [0, 0.1) is 5.92 Å². The lowest BCUT2D eigenvalue weighted by Crippen LogP contribution is -2.35. The molecule has 0 bridgehead atoms. The number of carbonyl (C=O) groups is 3. The molecule has 1 saturated heterocycles. The van der Waals surface area contributed by atoms with Crippen LogP contribution in [0.2, 0.25) is 0 Å². The lowest BCUT2D eigenvalue weighted by molar-refractivity contribution is -0.155. The van der Waals surface area contributed by atoms with Crippen molar-refractivity contribution in [2.75, 3.05) is 26.7 Å². The highest BCUT2D eigenvalue weighted by Gasteiger charge is 2.30. The van der Waals surface area contributed by atoms with Crippen molar-refractivity contribution in [3.05, 3.63) is 0 Å². The van der Waals surface area contributed by atoms with Crippen molar-refractivity contribution in [3.8, 4) is 0 Å². The second-order valence-electron chi connectivity index (χ2n) is 9.63. The summed E-state index contributed by atoms with van der Waals surface area (Å²) >= 11 is 0. The number of amides is 2. The van der Waals surface area contributed by atoms with Gasteiger partial charge in [0.1, 0.15) is 11.2 Å². The van der Waals surface area contributed by atoms with Crippen molar-refractivity contribution in [3.63, 3.8) is 0 Å². The summed E-state index contributed by atoms with van der Waals surface area (Å²) in [5.41, 5.74) is -0.972. The van der Waals surface area contributed by atoms with E-state index in [0.29, 0.717) is 44.8 Å². The van der Waals surface area contributed by atoms with Gasteiger partial charge in [-0.05, 0) is 66.7 Å². The molecule has 1 rings (SSSR count). The topological polar surface area (TPSA) is 76.2 Å². The quantitative estimate of drug-likeness (QED) is 0.613. The molecule has 1 atom stereocenters. The zero-order valence-corrected chi connectivity index (χ0v) is 18.7. The van der Waals surface area contributed by atoms with Crippen LogP contribution in [-0.4, -0.2) is 65.7 Å². The Hall–Kier alpha value is -1.79. The Morgan fingerprint density at radius 1 is 1.00 bits per heavy atom. The second kappa shape index (κ2) is 10.1. The van der Waals surface area contributed by atoms with Gasteiger partial charge in [0.2, 0.25) is 5.91 Å². The molecule has 0 aromatic rings. The van der Waals surface area contributed by atoms with Crippen LogP contribution in [-0.2, 0) is 19.1 Å². The van der Waals surface area contributed by atoms with Gasteiger partial charge in [-0.2, -0.15) is 0 Å². The Morgan fingerprint density at radius 2 is 1.61 bits per heavy atom. The van der Waals surface area contributed by atoms with E-state index in [1.807, 2.05) is 41.5 Å². The molecule has 1 aliphatic heterocycles. The van der Waals surface area contributed by atoms with Crippen molar-refractivity contribution >= 4 is 18.0 Å². The number of likely N-dealkylation sites (tertiary alicyclic amines) is 1. The molecular weight excluding hydrogens is 360 g/mol. The summed E-state index contributed by atoms with van der Waals surface area (Å²) in [5.74, 6) is 0.160. The van der Waals surface area contributed by atoms with Crippen molar-refractivity contribution in [1.29, 1.82) is 0 Å². The SMILES string of the molecule is CN(CCCC(=O)OC(C)(C)C)C(=O)CCC1CCN(C(=O)OC(C)(C)C)C1. The molecule has 7 heteroatoms. The molecule has 1 fully saturated rings. The zero-order valence-electron chi connectivity index (χ0n) is 18.7. The minimum Gasteiger partial charge on any atom is -0.460 e. The summed E-state index contributed by atoms with van der Waals surface area (Å²) in [4.78, 5) is 39.5. The molecule has 0 aromatic carbocycles. The van der Waals surface area contributed by atoms with E-state index in [4.69, 9.17) is 9.47 Å². The first-order valence-electron chi connectivity index (χ1n) is 10.2. The standard InChI is InChI=1S/C21H38N2O5/c1-20(2,3)27-18(25)9-8-13-22(7)17(24)11-10-16-12-14-23(15-16)19(26)28-21(4,5)6/h16H,8-15H2,1-7H3. The van der Waals surface area contributed by atoms with Gasteiger partial charge in [-0.1, -0.05) is 0 Å². The summed E-state index contributed by atoms with van der Waals surface area (Å²) < 4.78 is 10.7. The molecule has 2 amide bonds. The third-order valence-electron chi connectivity index (χ3n) is 4.42. The fourth-order valence-corrected chi connectivity index (χ4v) is 3.06. The molecule has 162 valence electrons. The third kappa shape index (κ3) is 9.95. The van der Waals surface area contributed by atoms with Gasteiger partial charge < -0.3 is 19.3 Å². The Balaban J connectivity index is 2.25. The van der Waals surface area contributed by atoms with Crippen LogP contribution in [0.5, 0.6) is 0 Å². The molecule has 7 nitrogen and oxygen atoms in total. The van der Waals surface area contributed by atoms with E-state index in [1.54, 1.807) is 16.8 Å². The van der Waals surface area contributed by atoms with E-state index < -0.39 is 11.2 Å². The number of hydrogen-bond acceptors (Lipinski definition) is 5. The Labute approximate surface area is 169 Å². The van der Waals surface area contributed by atoms with Gasteiger partial charge >= 0.3 is 12.1 Å². The van der Waals surface area contributed by atoms with E-state index in [1.165, 1.54) is 0 Å². The molecular formula is C21H38N2O5. The zero-order chi connectivity index (χ0) is 21.5. The number of hydrogen-bond donors (Lipinski definition) is 0. The molecule has 0 spiro atoms. The van der Waals surface area contributed by atoms with Gasteiger partial charge in [0.25, 0.3) is 0 Å². The van der Waals surface area contributed by atoms with Crippen LogP contribution < -0.4 is 0 Å². The van der Waals surface area contributed by atoms with Gasteiger partial charge in [0.05, 0.1) is 0 Å². The summed E-state index contributed by atoms with van der Waals surface area (Å²) in [6.07, 6.45) is 2.73.